The molecule has 2 bridgehead atoms. The van der Waals surface area contributed by atoms with E-state index in [2.05, 4.69) is 10.4 Å². The van der Waals surface area contributed by atoms with Gasteiger partial charge < -0.3 is 19.9 Å². The quantitative estimate of drug-likeness (QED) is 0.605. The van der Waals surface area contributed by atoms with Crippen molar-refractivity contribution in [2.24, 2.45) is 7.05 Å². The maximum absolute atomic E-state index is 14.1. The second kappa shape index (κ2) is 7.79. The number of pyridine rings is 1. The van der Waals surface area contributed by atoms with Crippen LogP contribution in [0.25, 0.3) is 0 Å². The summed E-state index contributed by atoms with van der Waals surface area (Å²) in [6.45, 7) is 1.65. The summed E-state index contributed by atoms with van der Waals surface area (Å²) in [5, 5.41) is 17.4. The van der Waals surface area contributed by atoms with Crippen LogP contribution in [0, 0.1) is 18.6 Å². The van der Waals surface area contributed by atoms with Crippen LogP contribution >= 0.6 is 0 Å². The zero-order chi connectivity index (χ0) is 24.3. The Morgan fingerprint density at radius 3 is 2.65 bits per heavy atom. The summed E-state index contributed by atoms with van der Waals surface area (Å²) < 4.78 is 31.3. The number of fused-ring (bicyclic) bond motifs is 5. The normalized spacial score (nSPS) is 16.6. The molecule has 0 aliphatic carbocycles. The van der Waals surface area contributed by atoms with E-state index in [1.165, 1.54) is 22.6 Å². The van der Waals surface area contributed by atoms with E-state index >= 15 is 0 Å². The van der Waals surface area contributed by atoms with Gasteiger partial charge in [-0.1, -0.05) is 0 Å². The van der Waals surface area contributed by atoms with Gasteiger partial charge in [-0.25, -0.2) is 8.78 Å². The number of aromatic hydroxyl groups is 1. The van der Waals surface area contributed by atoms with E-state index in [9.17, 15) is 28.3 Å². The Hall–Kier alpha value is -4.02. The molecule has 4 heterocycles. The standard InChI is InChI=1S/C23H21F2N5O4/c1-11-3-16(24)14(17(25)4-11)6-26-22(33)15-10-30-13-5-18-12(7-28(2)27-18)8-29(9-13)23(34)19(30)21(32)20(15)31/h3-4,7,10,13,32H,5-6,8-9H2,1-2H3,(H,26,33). The highest BCUT2D eigenvalue weighted by atomic mass is 19.1. The molecular formula is C23H21F2N5O4. The number of amides is 2. The molecule has 0 saturated heterocycles. The number of carbonyl (C=O) groups excluding carboxylic acids is 2. The van der Waals surface area contributed by atoms with E-state index in [1.807, 2.05) is 6.20 Å². The predicted octanol–water partition coefficient (Wildman–Crippen LogP) is 1.56. The summed E-state index contributed by atoms with van der Waals surface area (Å²) in [5.41, 5.74) is 0.0423. The number of halogens is 2. The van der Waals surface area contributed by atoms with Crippen LogP contribution < -0.4 is 10.7 Å². The average Bonchev–Trinajstić information content (AvgIpc) is 3.02. The highest BCUT2D eigenvalue weighted by Gasteiger charge is 2.38. The van der Waals surface area contributed by atoms with Crippen molar-refractivity contribution in [3.05, 3.63) is 80.0 Å². The van der Waals surface area contributed by atoms with Crippen LogP contribution in [0.4, 0.5) is 8.78 Å². The lowest BCUT2D eigenvalue weighted by atomic mass is 10.0. The maximum Gasteiger partial charge on any atom is 0.274 e. The van der Waals surface area contributed by atoms with Gasteiger partial charge in [0.1, 0.15) is 17.2 Å². The fourth-order valence-corrected chi connectivity index (χ4v) is 4.63. The number of carbonyl (C=O) groups is 2. The summed E-state index contributed by atoms with van der Waals surface area (Å²) in [7, 11) is 1.78. The Bertz CT molecular complexity index is 1400. The molecule has 11 heteroatoms. The first-order valence-corrected chi connectivity index (χ1v) is 10.7. The van der Waals surface area contributed by atoms with Crippen LogP contribution in [0.3, 0.4) is 0 Å². The van der Waals surface area contributed by atoms with Crippen LogP contribution in [0.1, 0.15) is 49.3 Å². The van der Waals surface area contributed by atoms with Crippen molar-refractivity contribution in [3.8, 4) is 5.75 Å². The van der Waals surface area contributed by atoms with Crippen molar-refractivity contribution in [2.75, 3.05) is 6.54 Å². The molecule has 1 aromatic carbocycles. The topological polar surface area (TPSA) is 109 Å². The van der Waals surface area contributed by atoms with Crippen LogP contribution in [0.15, 0.2) is 29.3 Å². The number of benzene rings is 1. The SMILES string of the molecule is Cc1cc(F)c(CNC(=O)c2cn3c(c(O)c2=O)C(=O)N2Cc4cn(C)nc4CC3C2)c(F)c1. The third-order valence-corrected chi connectivity index (χ3v) is 6.26. The number of nitrogens with one attached hydrogen (secondary N) is 1. The second-order valence-corrected chi connectivity index (χ2v) is 8.68. The molecule has 2 aliphatic heterocycles. The number of rotatable bonds is 3. The Morgan fingerprint density at radius 1 is 1.24 bits per heavy atom. The highest BCUT2D eigenvalue weighted by Crippen LogP contribution is 2.33. The van der Waals surface area contributed by atoms with Crippen molar-refractivity contribution in [1.82, 2.24) is 24.6 Å². The molecule has 5 rings (SSSR count). The molecule has 9 nitrogen and oxygen atoms in total. The van der Waals surface area contributed by atoms with E-state index in [-0.39, 0.29) is 17.3 Å². The van der Waals surface area contributed by atoms with Gasteiger partial charge in [-0.15, -0.1) is 0 Å². The summed E-state index contributed by atoms with van der Waals surface area (Å²) in [6, 6.07) is 1.91. The van der Waals surface area contributed by atoms with Crippen LogP contribution in [0.5, 0.6) is 5.75 Å². The first kappa shape index (κ1) is 21.8. The summed E-state index contributed by atoms with van der Waals surface area (Å²) >= 11 is 0. The van der Waals surface area contributed by atoms with Crippen molar-refractivity contribution in [2.45, 2.75) is 32.5 Å². The largest absolute Gasteiger partial charge is 0.503 e. The van der Waals surface area contributed by atoms with Gasteiger partial charge >= 0.3 is 0 Å². The van der Waals surface area contributed by atoms with Gasteiger partial charge in [-0.05, 0) is 24.6 Å². The van der Waals surface area contributed by atoms with Gasteiger partial charge in [-0.3, -0.25) is 19.1 Å². The molecule has 34 heavy (non-hydrogen) atoms. The van der Waals surface area contributed by atoms with Crippen LogP contribution in [-0.2, 0) is 26.6 Å². The summed E-state index contributed by atoms with van der Waals surface area (Å²) in [4.78, 5) is 40.2. The van der Waals surface area contributed by atoms with E-state index in [0.717, 1.165) is 23.4 Å². The predicted molar refractivity (Wildman–Crippen MR) is 115 cm³/mol. The Kier molecular flexibility index (Phi) is 4.99. The molecule has 1 atom stereocenters. The minimum atomic E-state index is -1.03. The lowest BCUT2D eigenvalue weighted by Gasteiger charge is -2.34. The number of aromatic nitrogens is 3. The molecule has 2 aliphatic rings. The lowest BCUT2D eigenvalue weighted by molar-refractivity contribution is 0.0653. The van der Waals surface area contributed by atoms with Crippen LogP contribution in [0.2, 0.25) is 0 Å². The molecule has 0 saturated carbocycles. The lowest BCUT2D eigenvalue weighted by Crippen LogP contribution is -2.44. The third-order valence-electron chi connectivity index (χ3n) is 6.26. The van der Waals surface area contributed by atoms with Gasteiger partial charge in [0.2, 0.25) is 5.43 Å². The molecule has 0 spiro atoms. The number of aryl methyl sites for hydroxylation is 2. The first-order chi connectivity index (χ1) is 16.1. The second-order valence-electron chi connectivity index (χ2n) is 8.68. The number of nitrogens with zero attached hydrogens (tertiary/aromatic N) is 4. The zero-order valence-electron chi connectivity index (χ0n) is 18.4. The number of hydrogen-bond acceptors (Lipinski definition) is 5. The molecule has 0 fully saturated rings. The monoisotopic (exact) mass is 469 g/mol. The molecule has 0 radical (unpaired) electrons. The van der Waals surface area contributed by atoms with Gasteiger partial charge in [-0.2, -0.15) is 5.10 Å². The van der Waals surface area contributed by atoms with Crippen molar-refractivity contribution in [3.63, 3.8) is 0 Å². The summed E-state index contributed by atoms with van der Waals surface area (Å²) in [6.07, 6.45) is 3.47. The molecule has 3 aromatic rings. The minimum Gasteiger partial charge on any atom is -0.503 e. The molecule has 2 amide bonds. The molecule has 176 valence electrons. The van der Waals surface area contributed by atoms with Crippen molar-refractivity contribution in [1.29, 1.82) is 0 Å². The minimum absolute atomic E-state index is 0.192. The fraction of sp³-hybridized carbons (Fsp3) is 0.304. The van der Waals surface area contributed by atoms with Crippen molar-refractivity contribution < 1.29 is 23.5 Å². The van der Waals surface area contributed by atoms with Crippen molar-refractivity contribution >= 4 is 11.8 Å². The average molecular weight is 469 g/mol. The van der Waals surface area contributed by atoms with Gasteiger partial charge in [0.25, 0.3) is 11.8 Å². The Balaban J connectivity index is 1.50. The molecule has 1 unspecified atom stereocenters. The third kappa shape index (κ3) is 3.44. The van der Waals surface area contributed by atoms with E-state index in [0.29, 0.717) is 25.1 Å². The van der Waals surface area contributed by atoms with Gasteiger partial charge in [0.05, 0.1) is 11.7 Å². The van der Waals surface area contributed by atoms with Gasteiger partial charge in [0.15, 0.2) is 11.4 Å². The first-order valence-electron chi connectivity index (χ1n) is 10.7. The van der Waals surface area contributed by atoms with Crippen LogP contribution in [-0.4, -0.2) is 42.7 Å². The zero-order valence-corrected chi connectivity index (χ0v) is 18.4. The van der Waals surface area contributed by atoms with E-state index < -0.39 is 46.7 Å². The Labute approximate surface area is 192 Å². The smallest absolute Gasteiger partial charge is 0.274 e. The Morgan fingerprint density at radius 2 is 1.94 bits per heavy atom. The molecule has 2 N–H and O–H groups in total. The molecule has 2 aromatic heterocycles. The highest BCUT2D eigenvalue weighted by molar-refractivity contribution is 5.99. The van der Waals surface area contributed by atoms with Gasteiger partial charge in [0, 0.05) is 56.6 Å². The molecular weight excluding hydrogens is 448 g/mol. The fourth-order valence-electron chi connectivity index (χ4n) is 4.63. The summed E-state index contributed by atoms with van der Waals surface area (Å²) in [5.74, 6) is -3.92. The number of hydrogen-bond donors (Lipinski definition) is 2. The van der Waals surface area contributed by atoms with E-state index in [4.69, 9.17) is 0 Å². The maximum atomic E-state index is 14.1. The van der Waals surface area contributed by atoms with E-state index in [1.54, 1.807) is 11.7 Å².